The Balaban J connectivity index is 1.85. The molecule has 4 rings (SSSR count). The lowest BCUT2D eigenvalue weighted by molar-refractivity contribution is 0.419. The average molecular weight is 340 g/mol. The van der Waals surface area contributed by atoms with E-state index in [2.05, 4.69) is 10.1 Å². The lowest BCUT2D eigenvalue weighted by Gasteiger charge is -2.22. The van der Waals surface area contributed by atoms with Gasteiger partial charge < -0.3 is 0 Å². The lowest BCUT2D eigenvalue weighted by Crippen LogP contribution is -2.34. The molecule has 0 fully saturated rings. The van der Waals surface area contributed by atoms with E-state index in [1.807, 2.05) is 18.2 Å². The van der Waals surface area contributed by atoms with Gasteiger partial charge in [0.15, 0.2) is 0 Å². The summed E-state index contributed by atoms with van der Waals surface area (Å²) in [7, 11) is 0. The predicted octanol–water partition coefficient (Wildman–Crippen LogP) is 3.02. The zero-order valence-electron chi connectivity index (χ0n) is 12.6. The van der Waals surface area contributed by atoms with E-state index in [4.69, 9.17) is 11.6 Å². The maximum Gasteiger partial charge on any atom is 0.273 e. The number of nitrogens with zero attached hydrogens (tertiary/aromatic N) is 2. The van der Waals surface area contributed by atoms with Crippen molar-refractivity contribution in [2.75, 3.05) is 0 Å². The third-order valence-corrected chi connectivity index (χ3v) is 4.67. The van der Waals surface area contributed by atoms with Gasteiger partial charge in [-0.2, -0.15) is 0 Å². The normalized spacial score (nSPS) is 19.9. The number of aromatic amines is 1. The molecule has 6 heteroatoms. The number of H-pyrrole nitrogens is 1. The number of hydrogen-bond acceptors (Lipinski definition) is 3. The Kier molecular flexibility index (Phi) is 3.58. The number of rotatable bonds is 2. The monoisotopic (exact) mass is 339 g/mol. The van der Waals surface area contributed by atoms with Crippen LogP contribution in [0, 0.1) is 0 Å². The summed E-state index contributed by atoms with van der Waals surface area (Å²) in [6.45, 7) is 0. The van der Waals surface area contributed by atoms with E-state index in [1.54, 1.807) is 36.5 Å². The fourth-order valence-electron chi connectivity index (χ4n) is 3.27. The van der Waals surface area contributed by atoms with Crippen LogP contribution in [0.5, 0.6) is 0 Å². The Morgan fingerprint density at radius 1 is 1.12 bits per heavy atom. The second-order valence-electron chi connectivity index (χ2n) is 5.83. The van der Waals surface area contributed by atoms with Crippen LogP contribution in [0.3, 0.4) is 0 Å². The van der Waals surface area contributed by atoms with Gasteiger partial charge >= 0.3 is 0 Å². The molecule has 0 spiro atoms. The molecule has 0 unspecified atom stereocenters. The van der Waals surface area contributed by atoms with Crippen LogP contribution in [0.15, 0.2) is 64.3 Å². The predicted molar refractivity (Wildman–Crippen MR) is 93.6 cm³/mol. The molecule has 5 nitrogen and oxygen atoms in total. The van der Waals surface area contributed by atoms with Crippen LogP contribution >= 0.6 is 11.6 Å². The smallest absolute Gasteiger partial charge is 0.267 e. The SMILES string of the molecule is O=c1[nH]n([C@H]2CC=C[C@@H]2c2ccc(Cl)nc2)c(=O)c2ccccc12. The summed E-state index contributed by atoms with van der Waals surface area (Å²) in [5, 5.41) is 4.00. The first kappa shape index (κ1) is 14.9. The molecular formula is C18H14ClN3O2. The van der Waals surface area contributed by atoms with Crippen LogP contribution in [-0.2, 0) is 0 Å². The summed E-state index contributed by atoms with van der Waals surface area (Å²) >= 11 is 5.85. The summed E-state index contributed by atoms with van der Waals surface area (Å²) in [6, 6.07) is 10.3. The summed E-state index contributed by atoms with van der Waals surface area (Å²) in [6.07, 6.45) is 6.43. The molecule has 3 aromatic rings. The van der Waals surface area contributed by atoms with Crippen molar-refractivity contribution in [1.29, 1.82) is 0 Å². The van der Waals surface area contributed by atoms with Gasteiger partial charge in [-0.1, -0.05) is 42.0 Å². The first-order valence-electron chi connectivity index (χ1n) is 7.67. The van der Waals surface area contributed by atoms with Gasteiger partial charge in [-0.05, 0) is 30.2 Å². The average Bonchev–Trinajstić information content (AvgIpc) is 3.08. The van der Waals surface area contributed by atoms with Crippen LogP contribution in [0.4, 0.5) is 0 Å². The molecule has 2 heterocycles. The fourth-order valence-corrected chi connectivity index (χ4v) is 3.39. The Labute approximate surface area is 142 Å². The van der Waals surface area contributed by atoms with Crippen molar-refractivity contribution in [3.8, 4) is 0 Å². The highest BCUT2D eigenvalue weighted by Gasteiger charge is 2.28. The van der Waals surface area contributed by atoms with Crippen molar-refractivity contribution in [3.63, 3.8) is 0 Å². The Hall–Kier alpha value is -2.66. The van der Waals surface area contributed by atoms with Gasteiger partial charge in [0, 0.05) is 12.1 Å². The second kappa shape index (κ2) is 5.76. The molecule has 0 saturated heterocycles. The molecule has 2 aromatic heterocycles. The van der Waals surface area contributed by atoms with Crippen LogP contribution in [0.2, 0.25) is 5.15 Å². The van der Waals surface area contributed by atoms with Crippen molar-refractivity contribution < 1.29 is 0 Å². The van der Waals surface area contributed by atoms with E-state index in [0.717, 1.165) is 5.56 Å². The maximum absolute atomic E-state index is 12.8. The van der Waals surface area contributed by atoms with E-state index < -0.39 is 0 Å². The summed E-state index contributed by atoms with van der Waals surface area (Å²) in [4.78, 5) is 29.3. The van der Waals surface area contributed by atoms with Gasteiger partial charge in [0.05, 0.1) is 16.8 Å². The highest BCUT2D eigenvalue weighted by molar-refractivity contribution is 6.29. The summed E-state index contributed by atoms with van der Waals surface area (Å²) < 4.78 is 1.45. The van der Waals surface area contributed by atoms with Crippen molar-refractivity contribution >= 4 is 22.4 Å². The minimum absolute atomic E-state index is 0.0377. The van der Waals surface area contributed by atoms with Gasteiger partial charge in [-0.3, -0.25) is 14.7 Å². The van der Waals surface area contributed by atoms with Crippen LogP contribution in [0.1, 0.15) is 23.9 Å². The zero-order valence-corrected chi connectivity index (χ0v) is 13.4. The second-order valence-corrected chi connectivity index (χ2v) is 6.22. The number of aromatic nitrogens is 3. The molecule has 1 aliphatic rings. The first-order valence-corrected chi connectivity index (χ1v) is 8.04. The van der Waals surface area contributed by atoms with Gasteiger partial charge in [0.25, 0.3) is 11.1 Å². The topological polar surface area (TPSA) is 67.8 Å². The van der Waals surface area contributed by atoms with E-state index in [-0.39, 0.29) is 23.1 Å². The Morgan fingerprint density at radius 3 is 2.67 bits per heavy atom. The summed E-state index contributed by atoms with van der Waals surface area (Å²) in [5.74, 6) is -0.0377. The maximum atomic E-state index is 12.8. The number of allylic oxidation sites excluding steroid dienone is 2. The van der Waals surface area contributed by atoms with Crippen molar-refractivity contribution in [2.24, 2.45) is 0 Å². The van der Waals surface area contributed by atoms with Gasteiger partial charge in [-0.25, -0.2) is 9.67 Å². The van der Waals surface area contributed by atoms with Gasteiger partial charge in [0.2, 0.25) is 0 Å². The standard InChI is InChI=1S/C18H14ClN3O2/c19-16-9-8-11(10-20-16)12-6-3-7-15(12)22-18(24)14-5-2-1-4-13(14)17(23)21-22/h1-6,8-10,12,15H,7H2,(H,21,23)/t12-,15+/m1/s1. The third kappa shape index (κ3) is 2.37. The van der Waals surface area contributed by atoms with Gasteiger partial charge in [-0.15, -0.1) is 0 Å². The first-order chi connectivity index (χ1) is 11.6. The molecule has 0 amide bonds. The number of pyridine rings is 1. The molecule has 0 radical (unpaired) electrons. The number of halogens is 1. The van der Waals surface area contributed by atoms with Crippen LogP contribution < -0.4 is 11.1 Å². The molecular weight excluding hydrogens is 326 g/mol. The molecule has 1 aliphatic carbocycles. The number of benzene rings is 1. The number of nitrogens with one attached hydrogen (secondary N) is 1. The quantitative estimate of drug-likeness (QED) is 0.576. The molecule has 2 atom stereocenters. The Morgan fingerprint density at radius 2 is 1.92 bits per heavy atom. The summed E-state index contributed by atoms with van der Waals surface area (Å²) in [5.41, 5.74) is 0.509. The van der Waals surface area contributed by atoms with Crippen LogP contribution in [-0.4, -0.2) is 14.8 Å². The minimum atomic E-state index is -0.259. The molecule has 0 saturated carbocycles. The molecule has 24 heavy (non-hydrogen) atoms. The van der Waals surface area contributed by atoms with E-state index in [9.17, 15) is 9.59 Å². The Bertz CT molecular complexity index is 1050. The third-order valence-electron chi connectivity index (χ3n) is 4.45. The van der Waals surface area contributed by atoms with Crippen LogP contribution in [0.25, 0.3) is 10.8 Å². The highest BCUT2D eigenvalue weighted by Crippen LogP contribution is 2.36. The minimum Gasteiger partial charge on any atom is -0.267 e. The molecule has 1 N–H and O–H groups in total. The largest absolute Gasteiger partial charge is 0.273 e. The van der Waals surface area contributed by atoms with E-state index in [1.165, 1.54) is 4.68 Å². The van der Waals surface area contributed by atoms with Crippen molar-refractivity contribution in [2.45, 2.75) is 18.4 Å². The zero-order chi connectivity index (χ0) is 16.7. The lowest BCUT2D eigenvalue weighted by atomic mass is 9.96. The molecule has 120 valence electrons. The molecule has 1 aromatic carbocycles. The van der Waals surface area contributed by atoms with E-state index >= 15 is 0 Å². The fraction of sp³-hybridized carbons (Fsp3) is 0.167. The number of hydrogen-bond donors (Lipinski definition) is 1. The van der Waals surface area contributed by atoms with E-state index in [0.29, 0.717) is 22.3 Å². The molecule has 0 bridgehead atoms. The van der Waals surface area contributed by atoms with Crippen molar-refractivity contribution in [3.05, 3.63) is 86.2 Å². The van der Waals surface area contributed by atoms with Crippen molar-refractivity contribution in [1.82, 2.24) is 14.8 Å². The molecule has 0 aliphatic heterocycles. The number of fused-ring (bicyclic) bond motifs is 1. The van der Waals surface area contributed by atoms with Gasteiger partial charge in [0.1, 0.15) is 5.15 Å². The highest BCUT2D eigenvalue weighted by atomic mass is 35.5.